The zero-order chi connectivity index (χ0) is 14.7. The zero-order valence-electron chi connectivity index (χ0n) is 11.9. The standard InChI is InChI=1S/C15H16N4O2/c1-2-20-15(7-3-4-8-15)14-18-13(21-19-14)12-6-5-11(9-16)10-17-12/h5-6,10H,2-4,7-8H2,1H3. The Balaban J connectivity index is 1.90. The molecule has 108 valence electrons. The first kappa shape index (κ1) is 13.7. The molecule has 0 N–H and O–H groups in total. The first-order valence-electron chi connectivity index (χ1n) is 7.12. The topological polar surface area (TPSA) is 84.8 Å². The molecule has 1 aliphatic carbocycles. The molecular weight excluding hydrogens is 268 g/mol. The Morgan fingerprint density at radius 1 is 1.38 bits per heavy atom. The molecule has 0 atom stereocenters. The predicted octanol–water partition coefficient (Wildman–Crippen LogP) is 2.81. The number of hydrogen-bond acceptors (Lipinski definition) is 6. The molecule has 21 heavy (non-hydrogen) atoms. The molecule has 0 amide bonds. The van der Waals surface area contributed by atoms with Gasteiger partial charge in [0.25, 0.3) is 5.89 Å². The second kappa shape index (κ2) is 5.62. The Morgan fingerprint density at radius 2 is 2.19 bits per heavy atom. The minimum absolute atomic E-state index is 0.362. The van der Waals surface area contributed by atoms with Crippen molar-refractivity contribution >= 4 is 0 Å². The van der Waals surface area contributed by atoms with E-state index >= 15 is 0 Å². The number of pyridine rings is 1. The molecule has 2 aromatic heterocycles. The number of nitrogens with zero attached hydrogens (tertiary/aromatic N) is 4. The van der Waals surface area contributed by atoms with E-state index in [9.17, 15) is 0 Å². The minimum atomic E-state index is -0.414. The largest absolute Gasteiger partial charge is 0.367 e. The molecule has 2 heterocycles. The van der Waals surface area contributed by atoms with Crippen molar-refractivity contribution < 1.29 is 9.26 Å². The Bertz CT molecular complexity index is 651. The molecule has 0 bridgehead atoms. The lowest BCUT2D eigenvalue weighted by Gasteiger charge is -2.24. The third-order valence-electron chi connectivity index (χ3n) is 3.78. The van der Waals surface area contributed by atoms with Gasteiger partial charge in [-0.15, -0.1) is 0 Å². The van der Waals surface area contributed by atoms with Crippen molar-refractivity contribution in [2.45, 2.75) is 38.2 Å². The predicted molar refractivity (Wildman–Crippen MR) is 74.0 cm³/mol. The Morgan fingerprint density at radius 3 is 2.81 bits per heavy atom. The summed E-state index contributed by atoms with van der Waals surface area (Å²) in [7, 11) is 0. The van der Waals surface area contributed by atoms with Crippen LogP contribution in [0.3, 0.4) is 0 Å². The second-order valence-electron chi connectivity index (χ2n) is 5.10. The van der Waals surface area contributed by atoms with Gasteiger partial charge in [0.05, 0.1) is 5.56 Å². The van der Waals surface area contributed by atoms with Gasteiger partial charge in [-0.2, -0.15) is 10.2 Å². The number of rotatable bonds is 4. The molecule has 6 heteroatoms. The highest BCUT2D eigenvalue weighted by Gasteiger charge is 2.41. The van der Waals surface area contributed by atoms with Crippen LogP contribution in [0.1, 0.15) is 44.0 Å². The van der Waals surface area contributed by atoms with E-state index in [4.69, 9.17) is 14.5 Å². The second-order valence-corrected chi connectivity index (χ2v) is 5.10. The number of nitriles is 1. The molecule has 3 rings (SSSR count). The first-order chi connectivity index (χ1) is 10.3. The first-order valence-corrected chi connectivity index (χ1v) is 7.12. The average Bonchev–Trinajstić information content (AvgIpc) is 3.17. The molecule has 0 radical (unpaired) electrons. The molecule has 2 aromatic rings. The lowest BCUT2D eigenvalue weighted by atomic mass is 10.0. The number of aromatic nitrogens is 3. The van der Waals surface area contributed by atoms with E-state index in [1.54, 1.807) is 12.1 Å². The van der Waals surface area contributed by atoms with Crippen LogP contribution in [0.2, 0.25) is 0 Å². The molecular formula is C15H16N4O2. The summed E-state index contributed by atoms with van der Waals surface area (Å²) in [5.41, 5.74) is 0.653. The normalized spacial score (nSPS) is 16.8. The SMILES string of the molecule is CCOC1(c2noc(-c3ccc(C#N)cn3)n2)CCCC1. The summed E-state index contributed by atoms with van der Waals surface area (Å²) in [4.78, 5) is 8.63. The van der Waals surface area contributed by atoms with Gasteiger partial charge in [0.15, 0.2) is 0 Å². The average molecular weight is 284 g/mol. The lowest BCUT2D eigenvalue weighted by Crippen LogP contribution is -2.27. The van der Waals surface area contributed by atoms with Crippen LogP contribution in [0.25, 0.3) is 11.6 Å². The van der Waals surface area contributed by atoms with Gasteiger partial charge in [-0.25, -0.2) is 4.98 Å². The van der Waals surface area contributed by atoms with Gasteiger partial charge in [-0.05, 0) is 44.7 Å². The van der Waals surface area contributed by atoms with Gasteiger partial charge in [-0.1, -0.05) is 5.16 Å². The summed E-state index contributed by atoms with van der Waals surface area (Å²) in [5, 5.41) is 12.9. The summed E-state index contributed by atoms with van der Waals surface area (Å²) >= 11 is 0. The Kier molecular flexibility index (Phi) is 3.67. The van der Waals surface area contributed by atoms with Crippen molar-refractivity contribution in [3.8, 4) is 17.7 Å². The van der Waals surface area contributed by atoms with Crippen molar-refractivity contribution in [3.05, 3.63) is 29.7 Å². The van der Waals surface area contributed by atoms with Gasteiger partial charge in [-0.3, -0.25) is 0 Å². The highest BCUT2D eigenvalue weighted by atomic mass is 16.5. The fourth-order valence-electron chi connectivity index (χ4n) is 2.75. The molecule has 0 unspecified atom stereocenters. The third-order valence-corrected chi connectivity index (χ3v) is 3.78. The van der Waals surface area contributed by atoms with E-state index < -0.39 is 5.60 Å². The highest BCUT2D eigenvalue weighted by molar-refractivity contribution is 5.47. The van der Waals surface area contributed by atoms with Crippen molar-refractivity contribution in [2.24, 2.45) is 0 Å². The zero-order valence-corrected chi connectivity index (χ0v) is 11.9. The van der Waals surface area contributed by atoms with Crippen molar-refractivity contribution in [3.63, 3.8) is 0 Å². The van der Waals surface area contributed by atoms with Crippen LogP contribution < -0.4 is 0 Å². The van der Waals surface area contributed by atoms with Gasteiger partial charge in [0.1, 0.15) is 17.4 Å². The molecule has 6 nitrogen and oxygen atoms in total. The van der Waals surface area contributed by atoms with E-state index in [-0.39, 0.29) is 0 Å². The summed E-state index contributed by atoms with van der Waals surface area (Å²) in [6.07, 6.45) is 5.55. The van der Waals surface area contributed by atoms with Crippen LogP contribution in [-0.4, -0.2) is 21.7 Å². The smallest absolute Gasteiger partial charge is 0.276 e. The highest BCUT2D eigenvalue weighted by Crippen LogP contribution is 2.41. The van der Waals surface area contributed by atoms with Crippen LogP contribution in [0.15, 0.2) is 22.9 Å². The summed E-state index contributed by atoms with van der Waals surface area (Å²) in [6, 6.07) is 5.42. The van der Waals surface area contributed by atoms with Crippen LogP contribution >= 0.6 is 0 Å². The van der Waals surface area contributed by atoms with Gasteiger partial charge in [0.2, 0.25) is 5.82 Å². The number of ether oxygens (including phenoxy) is 1. The molecule has 1 fully saturated rings. The van der Waals surface area contributed by atoms with Gasteiger partial charge in [0, 0.05) is 12.8 Å². The monoisotopic (exact) mass is 284 g/mol. The molecule has 0 saturated heterocycles. The Hall–Kier alpha value is -2.26. The molecule has 1 aliphatic rings. The maximum Gasteiger partial charge on any atom is 0.276 e. The van der Waals surface area contributed by atoms with Gasteiger partial charge >= 0.3 is 0 Å². The Labute approximate surface area is 122 Å². The van der Waals surface area contributed by atoms with Crippen LogP contribution in [-0.2, 0) is 10.3 Å². The fraction of sp³-hybridized carbons (Fsp3) is 0.467. The molecule has 0 aliphatic heterocycles. The van der Waals surface area contributed by atoms with E-state index in [1.165, 1.54) is 6.20 Å². The summed E-state index contributed by atoms with van der Waals surface area (Å²) in [5.74, 6) is 0.962. The molecule has 0 spiro atoms. The van der Waals surface area contributed by atoms with Crippen LogP contribution in [0.5, 0.6) is 0 Å². The number of hydrogen-bond donors (Lipinski definition) is 0. The van der Waals surface area contributed by atoms with E-state index in [0.717, 1.165) is 25.7 Å². The quantitative estimate of drug-likeness (QED) is 0.858. The van der Waals surface area contributed by atoms with E-state index in [2.05, 4.69) is 15.1 Å². The minimum Gasteiger partial charge on any atom is -0.367 e. The van der Waals surface area contributed by atoms with Crippen molar-refractivity contribution in [1.29, 1.82) is 5.26 Å². The fourth-order valence-corrected chi connectivity index (χ4v) is 2.75. The van der Waals surface area contributed by atoms with E-state index in [0.29, 0.717) is 29.6 Å². The molecule has 0 aromatic carbocycles. The summed E-state index contributed by atoms with van der Waals surface area (Å²) < 4.78 is 11.2. The van der Waals surface area contributed by atoms with E-state index in [1.807, 2.05) is 13.0 Å². The van der Waals surface area contributed by atoms with Crippen molar-refractivity contribution in [1.82, 2.24) is 15.1 Å². The lowest BCUT2D eigenvalue weighted by molar-refractivity contribution is -0.0469. The molecule has 1 saturated carbocycles. The maximum atomic E-state index is 8.78. The van der Waals surface area contributed by atoms with Crippen molar-refractivity contribution in [2.75, 3.05) is 6.61 Å². The van der Waals surface area contributed by atoms with Gasteiger partial charge < -0.3 is 9.26 Å². The van der Waals surface area contributed by atoms with Crippen LogP contribution in [0, 0.1) is 11.3 Å². The van der Waals surface area contributed by atoms with Crippen LogP contribution in [0.4, 0.5) is 0 Å². The third kappa shape index (κ3) is 2.52. The maximum absolute atomic E-state index is 8.78. The summed E-state index contributed by atoms with van der Waals surface area (Å²) in [6.45, 7) is 2.60.